The number of nitrogens with zero attached hydrogens (tertiary/aromatic N) is 2. The molecule has 0 bridgehead atoms. The van der Waals surface area contributed by atoms with E-state index >= 15 is 0 Å². The van der Waals surface area contributed by atoms with Crippen LogP contribution in [0.25, 0.3) is 11.0 Å². The Morgan fingerprint density at radius 1 is 1.22 bits per heavy atom. The van der Waals surface area contributed by atoms with Gasteiger partial charge in [0.25, 0.3) is 11.5 Å². The Kier molecular flexibility index (Phi) is 4.16. The Labute approximate surface area is 137 Å². The Balaban J connectivity index is 2.05. The highest BCUT2D eigenvalue weighted by Crippen LogP contribution is 2.25. The maximum absolute atomic E-state index is 12.5. The fourth-order valence-corrected chi connectivity index (χ4v) is 2.95. The summed E-state index contributed by atoms with van der Waals surface area (Å²) in [6, 6.07) is 12.7. The summed E-state index contributed by atoms with van der Waals surface area (Å²) in [7, 11) is 1.62. The van der Waals surface area contributed by atoms with E-state index in [1.165, 1.54) is 16.3 Å². The second-order valence-corrected chi connectivity index (χ2v) is 5.84. The summed E-state index contributed by atoms with van der Waals surface area (Å²) in [5, 5.41) is 3.57. The van der Waals surface area contributed by atoms with E-state index in [-0.39, 0.29) is 11.1 Å². The van der Waals surface area contributed by atoms with E-state index in [1.54, 1.807) is 25.4 Å². The predicted molar refractivity (Wildman–Crippen MR) is 93.2 cm³/mol. The quantitative estimate of drug-likeness (QED) is 0.752. The van der Waals surface area contributed by atoms with Gasteiger partial charge in [-0.3, -0.25) is 14.2 Å². The van der Waals surface area contributed by atoms with E-state index in [0.717, 1.165) is 10.3 Å². The van der Waals surface area contributed by atoms with Crippen LogP contribution in [0.4, 0.5) is 5.69 Å². The van der Waals surface area contributed by atoms with E-state index in [1.807, 2.05) is 36.6 Å². The number of pyridine rings is 2. The fourth-order valence-electron chi connectivity index (χ4n) is 2.40. The highest BCUT2D eigenvalue weighted by atomic mass is 32.2. The molecule has 3 aromatic rings. The molecular weight excluding hydrogens is 310 g/mol. The number of para-hydroxylation sites is 1. The van der Waals surface area contributed by atoms with Gasteiger partial charge in [-0.2, -0.15) is 0 Å². The Morgan fingerprint density at radius 3 is 2.78 bits per heavy atom. The molecule has 1 amide bonds. The minimum Gasteiger partial charge on any atom is -0.321 e. The smallest absolute Gasteiger partial charge is 0.264 e. The molecular formula is C17H15N3O2S. The minimum atomic E-state index is -0.419. The van der Waals surface area contributed by atoms with Gasteiger partial charge in [-0.1, -0.05) is 12.1 Å². The van der Waals surface area contributed by atoms with Gasteiger partial charge in [-0.25, -0.2) is 4.98 Å². The van der Waals surface area contributed by atoms with Crippen LogP contribution in [0, 0.1) is 0 Å². The Hall–Kier alpha value is -2.60. The highest BCUT2D eigenvalue weighted by Gasteiger charge is 2.15. The molecule has 0 saturated carbocycles. The summed E-state index contributed by atoms with van der Waals surface area (Å²) in [5.41, 5.74) is 0.983. The van der Waals surface area contributed by atoms with Gasteiger partial charge in [0, 0.05) is 23.5 Å². The van der Waals surface area contributed by atoms with Gasteiger partial charge >= 0.3 is 0 Å². The van der Waals surface area contributed by atoms with Crippen molar-refractivity contribution in [2.75, 3.05) is 11.6 Å². The first kappa shape index (κ1) is 15.3. The topological polar surface area (TPSA) is 64.0 Å². The number of anilines is 1. The van der Waals surface area contributed by atoms with Gasteiger partial charge in [0.05, 0.1) is 5.69 Å². The van der Waals surface area contributed by atoms with Crippen molar-refractivity contribution < 1.29 is 4.79 Å². The van der Waals surface area contributed by atoms with Crippen LogP contribution in [0.15, 0.2) is 58.4 Å². The van der Waals surface area contributed by atoms with Gasteiger partial charge in [0.1, 0.15) is 11.2 Å². The molecule has 116 valence electrons. The van der Waals surface area contributed by atoms with E-state index in [2.05, 4.69) is 10.3 Å². The fraction of sp³-hybridized carbons (Fsp3) is 0.118. The molecule has 3 rings (SSSR count). The first-order valence-corrected chi connectivity index (χ1v) is 8.23. The second-order valence-electron chi connectivity index (χ2n) is 4.99. The first-order valence-electron chi connectivity index (χ1n) is 7.01. The molecule has 0 aliphatic rings. The lowest BCUT2D eigenvalue weighted by atomic mass is 10.2. The van der Waals surface area contributed by atoms with E-state index in [4.69, 9.17) is 0 Å². The number of carbonyl (C=O) groups is 1. The molecule has 0 aliphatic carbocycles. The third-order valence-corrected chi connectivity index (χ3v) is 4.37. The van der Waals surface area contributed by atoms with Gasteiger partial charge in [0.2, 0.25) is 0 Å². The number of aryl methyl sites for hydroxylation is 1. The van der Waals surface area contributed by atoms with Gasteiger partial charge in [0.15, 0.2) is 0 Å². The molecule has 1 aromatic carbocycles. The molecule has 0 atom stereocenters. The van der Waals surface area contributed by atoms with Crippen LogP contribution in [-0.2, 0) is 7.05 Å². The van der Waals surface area contributed by atoms with Crippen molar-refractivity contribution in [3.63, 3.8) is 0 Å². The molecule has 23 heavy (non-hydrogen) atoms. The van der Waals surface area contributed by atoms with E-state index < -0.39 is 5.91 Å². The van der Waals surface area contributed by atoms with Crippen LogP contribution < -0.4 is 10.9 Å². The number of hydrogen-bond donors (Lipinski definition) is 1. The lowest BCUT2D eigenvalue weighted by Gasteiger charge is -2.10. The second kappa shape index (κ2) is 6.26. The number of nitrogens with one attached hydrogen (secondary N) is 1. The lowest BCUT2D eigenvalue weighted by Crippen LogP contribution is -2.28. The maximum Gasteiger partial charge on any atom is 0.264 e. The first-order chi connectivity index (χ1) is 11.1. The van der Waals surface area contributed by atoms with Crippen molar-refractivity contribution >= 4 is 34.4 Å². The monoisotopic (exact) mass is 325 g/mol. The molecule has 0 spiro atoms. The number of carbonyl (C=O) groups excluding carboxylic acids is 1. The van der Waals surface area contributed by atoms with Crippen molar-refractivity contribution in [2.45, 2.75) is 4.90 Å². The average molecular weight is 325 g/mol. The summed E-state index contributed by atoms with van der Waals surface area (Å²) in [5.74, 6) is -0.419. The van der Waals surface area contributed by atoms with Crippen LogP contribution in [0.2, 0.25) is 0 Å². The highest BCUT2D eigenvalue weighted by molar-refractivity contribution is 7.98. The molecule has 2 heterocycles. The predicted octanol–water partition coefficient (Wildman–Crippen LogP) is 2.91. The zero-order valence-corrected chi connectivity index (χ0v) is 13.6. The third kappa shape index (κ3) is 2.85. The normalized spacial score (nSPS) is 10.7. The zero-order chi connectivity index (χ0) is 16.4. The summed E-state index contributed by atoms with van der Waals surface area (Å²) >= 11 is 1.53. The van der Waals surface area contributed by atoms with Crippen molar-refractivity contribution in [1.29, 1.82) is 0 Å². The number of rotatable bonds is 3. The van der Waals surface area contributed by atoms with E-state index in [0.29, 0.717) is 11.3 Å². The lowest BCUT2D eigenvalue weighted by molar-refractivity contribution is 0.102. The number of amides is 1. The maximum atomic E-state index is 12.5. The van der Waals surface area contributed by atoms with Crippen molar-refractivity contribution in [3.05, 3.63) is 64.6 Å². The molecule has 1 N–H and O–H groups in total. The molecule has 6 heteroatoms. The molecule has 5 nitrogen and oxygen atoms in total. The van der Waals surface area contributed by atoms with Crippen molar-refractivity contribution in [2.24, 2.45) is 7.05 Å². The number of aromatic nitrogens is 2. The number of hydrogen-bond acceptors (Lipinski definition) is 4. The standard InChI is InChI=1S/C17H15N3O2S/c1-20-15-11(6-5-9-18-15)10-12(17(20)22)16(21)19-13-7-3-4-8-14(13)23-2/h3-10H,1-2H3,(H,19,21). The van der Waals surface area contributed by atoms with Gasteiger partial charge < -0.3 is 5.32 Å². The Bertz CT molecular complexity index is 950. The van der Waals surface area contributed by atoms with Crippen LogP contribution in [0.5, 0.6) is 0 Å². The number of benzene rings is 1. The van der Waals surface area contributed by atoms with Crippen molar-refractivity contribution in [1.82, 2.24) is 9.55 Å². The summed E-state index contributed by atoms with van der Waals surface area (Å²) in [4.78, 5) is 30.1. The summed E-state index contributed by atoms with van der Waals surface area (Å²) in [6.07, 6.45) is 3.56. The van der Waals surface area contributed by atoms with Crippen LogP contribution in [0.1, 0.15) is 10.4 Å². The average Bonchev–Trinajstić information content (AvgIpc) is 2.58. The molecule has 0 saturated heterocycles. The zero-order valence-electron chi connectivity index (χ0n) is 12.7. The molecule has 0 fully saturated rings. The van der Waals surface area contributed by atoms with Crippen LogP contribution in [0.3, 0.4) is 0 Å². The third-order valence-electron chi connectivity index (χ3n) is 3.57. The van der Waals surface area contributed by atoms with Gasteiger partial charge in [-0.05, 0) is 36.6 Å². The summed E-state index contributed by atoms with van der Waals surface area (Å²) in [6.45, 7) is 0. The SMILES string of the molecule is CSc1ccccc1NC(=O)c1cc2cccnc2n(C)c1=O. The van der Waals surface area contributed by atoms with Crippen LogP contribution in [-0.4, -0.2) is 21.7 Å². The van der Waals surface area contributed by atoms with E-state index in [9.17, 15) is 9.59 Å². The number of thioether (sulfide) groups is 1. The van der Waals surface area contributed by atoms with Crippen LogP contribution >= 0.6 is 11.8 Å². The van der Waals surface area contributed by atoms with Crippen molar-refractivity contribution in [3.8, 4) is 0 Å². The molecule has 0 unspecified atom stereocenters. The largest absolute Gasteiger partial charge is 0.321 e. The minimum absolute atomic E-state index is 0.101. The number of fused-ring (bicyclic) bond motifs is 1. The summed E-state index contributed by atoms with van der Waals surface area (Å²) < 4.78 is 1.39. The molecule has 2 aromatic heterocycles. The Morgan fingerprint density at radius 2 is 2.00 bits per heavy atom. The molecule has 0 radical (unpaired) electrons. The van der Waals surface area contributed by atoms with Gasteiger partial charge in [-0.15, -0.1) is 11.8 Å². The molecule has 0 aliphatic heterocycles.